The molecule has 0 N–H and O–H groups in total. The number of nitriles is 1. The zero-order valence-corrected chi connectivity index (χ0v) is 17.4. The summed E-state index contributed by atoms with van der Waals surface area (Å²) in [6, 6.07) is 8.88. The summed E-state index contributed by atoms with van der Waals surface area (Å²) in [5.41, 5.74) is 3.44. The predicted octanol–water partition coefficient (Wildman–Crippen LogP) is 3.63. The summed E-state index contributed by atoms with van der Waals surface area (Å²) in [7, 11) is 1.61. The lowest BCUT2D eigenvalue weighted by atomic mass is 10.1. The van der Waals surface area contributed by atoms with Crippen molar-refractivity contribution in [1.29, 1.82) is 5.26 Å². The molecule has 2 aromatic rings. The number of methoxy groups -OCH3 is 1. The maximum absolute atomic E-state index is 13.6. The number of hydrogen-bond donors (Lipinski definition) is 0. The van der Waals surface area contributed by atoms with Gasteiger partial charge in [-0.15, -0.1) is 0 Å². The maximum atomic E-state index is 13.6. The molecule has 0 atom stereocenters. The van der Waals surface area contributed by atoms with Crippen LogP contribution in [0.3, 0.4) is 0 Å². The van der Waals surface area contributed by atoms with Crippen molar-refractivity contribution in [1.82, 2.24) is 14.4 Å². The van der Waals surface area contributed by atoms with Gasteiger partial charge in [-0.05, 0) is 43.7 Å². The van der Waals surface area contributed by atoms with E-state index in [0.717, 1.165) is 48.7 Å². The molecule has 7 heteroatoms. The summed E-state index contributed by atoms with van der Waals surface area (Å²) < 4.78 is 21.6. The largest absolute Gasteiger partial charge is 0.496 e. The van der Waals surface area contributed by atoms with Crippen molar-refractivity contribution in [2.45, 2.75) is 27.1 Å². The van der Waals surface area contributed by atoms with Gasteiger partial charge in [0, 0.05) is 44.0 Å². The van der Waals surface area contributed by atoms with E-state index in [0.29, 0.717) is 23.4 Å². The summed E-state index contributed by atoms with van der Waals surface area (Å²) in [6.45, 7) is 8.81. The fourth-order valence-electron chi connectivity index (χ4n) is 3.64. The van der Waals surface area contributed by atoms with Crippen LogP contribution in [0, 0.1) is 35.6 Å². The predicted molar refractivity (Wildman–Crippen MR) is 109 cm³/mol. The van der Waals surface area contributed by atoms with E-state index in [9.17, 15) is 9.65 Å². The van der Waals surface area contributed by atoms with Crippen molar-refractivity contribution in [3.8, 4) is 11.8 Å². The number of ether oxygens (including phenoxy) is 1. The lowest BCUT2D eigenvalue weighted by Gasteiger charge is -2.35. The van der Waals surface area contributed by atoms with Gasteiger partial charge in [-0.2, -0.15) is 5.26 Å². The van der Waals surface area contributed by atoms with Crippen molar-refractivity contribution in [2.75, 3.05) is 33.3 Å². The van der Waals surface area contributed by atoms with Gasteiger partial charge in [-0.25, -0.2) is 4.39 Å². The van der Waals surface area contributed by atoms with Gasteiger partial charge in [-0.1, -0.05) is 12.2 Å². The third-order valence-electron chi connectivity index (χ3n) is 5.26. The van der Waals surface area contributed by atoms with Crippen molar-refractivity contribution in [3.63, 3.8) is 0 Å². The van der Waals surface area contributed by atoms with Gasteiger partial charge in [0.1, 0.15) is 22.3 Å². The molecule has 1 aromatic carbocycles. The molecule has 1 aromatic heterocycles. The molecule has 0 aliphatic carbocycles. The third kappa shape index (κ3) is 4.41. The van der Waals surface area contributed by atoms with Gasteiger partial charge < -0.3 is 9.30 Å². The number of piperazine rings is 1. The highest BCUT2D eigenvalue weighted by atomic mass is 32.1. The summed E-state index contributed by atoms with van der Waals surface area (Å²) in [5, 5.41) is 9.37. The molecule has 0 spiro atoms. The molecular formula is C21H25FN4OS. The van der Waals surface area contributed by atoms with Crippen LogP contribution >= 0.6 is 12.2 Å². The molecule has 1 aliphatic heterocycles. The van der Waals surface area contributed by atoms with Crippen LogP contribution in [-0.4, -0.2) is 47.7 Å². The smallest absolute Gasteiger partial charge is 0.125 e. The van der Waals surface area contributed by atoms with Crippen LogP contribution in [0.5, 0.6) is 5.75 Å². The van der Waals surface area contributed by atoms with Gasteiger partial charge in [0.25, 0.3) is 0 Å². The first-order valence-electron chi connectivity index (χ1n) is 9.31. The minimum Gasteiger partial charge on any atom is -0.496 e. The molecule has 0 saturated carbocycles. The van der Waals surface area contributed by atoms with E-state index < -0.39 is 0 Å². The fourth-order valence-corrected chi connectivity index (χ4v) is 4.05. The molecule has 1 fully saturated rings. The molecule has 0 bridgehead atoms. The van der Waals surface area contributed by atoms with Gasteiger partial charge in [0.05, 0.1) is 19.3 Å². The molecule has 0 radical (unpaired) electrons. The van der Waals surface area contributed by atoms with Crippen LogP contribution in [0.2, 0.25) is 0 Å². The Labute approximate surface area is 170 Å². The molecule has 0 amide bonds. The molecule has 1 aliphatic rings. The van der Waals surface area contributed by atoms with Gasteiger partial charge in [-0.3, -0.25) is 9.80 Å². The van der Waals surface area contributed by atoms with Crippen LogP contribution < -0.4 is 4.74 Å². The summed E-state index contributed by atoms with van der Waals surface area (Å²) in [6.07, 6.45) is 0. The van der Waals surface area contributed by atoms with Crippen molar-refractivity contribution >= 4 is 12.2 Å². The summed E-state index contributed by atoms with van der Waals surface area (Å²) >= 11 is 5.54. The third-order valence-corrected chi connectivity index (χ3v) is 5.68. The van der Waals surface area contributed by atoms with Crippen LogP contribution in [0.15, 0.2) is 24.3 Å². The Balaban J connectivity index is 1.65. The average molecular weight is 401 g/mol. The monoisotopic (exact) mass is 400 g/mol. The average Bonchev–Trinajstić information content (AvgIpc) is 2.67. The first-order valence-corrected chi connectivity index (χ1v) is 9.72. The molecular weight excluding hydrogens is 375 g/mol. The van der Waals surface area contributed by atoms with E-state index in [-0.39, 0.29) is 5.82 Å². The summed E-state index contributed by atoms with van der Waals surface area (Å²) in [5.74, 6) is 0.474. The number of rotatable bonds is 5. The Morgan fingerprint density at radius 1 is 1.14 bits per heavy atom. The zero-order chi connectivity index (χ0) is 20.3. The quantitative estimate of drug-likeness (QED) is 0.717. The highest BCUT2D eigenvalue weighted by Crippen LogP contribution is 2.22. The van der Waals surface area contributed by atoms with E-state index >= 15 is 0 Å². The number of halogens is 1. The van der Waals surface area contributed by atoms with Gasteiger partial charge in [0.15, 0.2) is 0 Å². The van der Waals surface area contributed by atoms with Gasteiger partial charge in [0.2, 0.25) is 0 Å². The molecule has 5 nitrogen and oxygen atoms in total. The lowest BCUT2D eigenvalue weighted by Crippen LogP contribution is -2.46. The normalized spacial score (nSPS) is 15.4. The fraction of sp³-hybridized carbons (Fsp3) is 0.429. The van der Waals surface area contributed by atoms with Crippen LogP contribution in [0.4, 0.5) is 4.39 Å². The number of nitrogens with zero attached hydrogens (tertiary/aromatic N) is 4. The topological polar surface area (TPSA) is 44.4 Å². The van der Waals surface area contributed by atoms with Crippen LogP contribution in [-0.2, 0) is 13.2 Å². The molecule has 1 saturated heterocycles. The van der Waals surface area contributed by atoms with Gasteiger partial charge >= 0.3 is 0 Å². The van der Waals surface area contributed by atoms with Crippen molar-refractivity contribution in [3.05, 3.63) is 57.1 Å². The number of benzene rings is 1. The maximum Gasteiger partial charge on any atom is 0.125 e. The number of aryl methyl sites for hydroxylation is 2. The minimum absolute atomic E-state index is 0.244. The van der Waals surface area contributed by atoms with Crippen LogP contribution in [0.25, 0.3) is 0 Å². The highest BCUT2D eigenvalue weighted by molar-refractivity contribution is 7.71. The second-order valence-corrected chi connectivity index (χ2v) is 7.57. The second-order valence-electron chi connectivity index (χ2n) is 7.18. The van der Waals surface area contributed by atoms with E-state index in [1.165, 1.54) is 6.07 Å². The lowest BCUT2D eigenvalue weighted by molar-refractivity contribution is 0.101. The minimum atomic E-state index is -0.244. The Morgan fingerprint density at radius 2 is 1.82 bits per heavy atom. The SMILES string of the molecule is COc1ccc(F)cc1CN1CCN(Cn2c(C)cc(C)c(C#N)c2=S)CC1. The zero-order valence-electron chi connectivity index (χ0n) is 16.5. The van der Waals surface area contributed by atoms with Crippen molar-refractivity contribution < 1.29 is 9.13 Å². The first-order chi connectivity index (χ1) is 13.4. The molecule has 0 unspecified atom stereocenters. The molecule has 28 heavy (non-hydrogen) atoms. The highest BCUT2D eigenvalue weighted by Gasteiger charge is 2.19. The number of aromatic nitrogens is 1. The van der Waals surface area contributed by atoms with E-state index in [2.05, 4.69) is 15.9 Å². The summed E-state index contributed by atoms with van der Waals surface area (Å²) in [4.78, 5) is 4.63. The van der Waals surface area contributed by atoms with E-state index in [1.807, 2.05) is 24.5 Å². The molecule has 3 rings (SSSR count). The molecule has 2 heterocycles. The van der Waals surface area contributed by atoms with Crippen LogP contribution in [0.1, 0.15) is 22.4 Å². The second kappa shape index (κ2) is 8.82. The van der Waals surface area contributed by atoms with Crippen molar-refractivity contribution in [2.24, 2.45) is 0 Å². The first kappa shape index (κ1) is 20.5. The van der Waals surface area contributed by atoms with E-state index in [1.54, 1.807) is 19.2 Å². The Bertz CT molecular complexity index is 958. The number of pyridine rings is 1. The Morgan fingerprint density at radius 3 is 2.46 bits per heavy atom. The Kier molecular flexibility index (Phi) is 6.45. The Hall–Kier alpha value is -2.27. The molecule has 148 valence electrons. The van der Waals surface area contributed by atoms with E-state index in [4.69, 9.17) is 17.0 Å². The number of hydrogen-bond acceptors (Lipinski definition) is 5. The standard InChI is InChI=1S/C21H25FN4OS/c1-15-10-16(2)26(21(28)19(15)12-23)14-25-8-6-24(7-9-25)13-17-11-18(22)4-5-20(17)27-3/h4-5,10-11H,6-9,13-14H2,1-3H3.